The van der Waals surface area contributed by atoms with Crippen molar-refractivity contribution in [2.75, 3.05) is 13.1 Å². The minimum absolute atomic E-state index is 0.108. The lowest BCUT2D eigenvalue weighted by molar-refractivity contribution is 0.0695. The summed E-state index contributed by atoms with van der Waals surface area (Å²) in [4.78, 5) is 19.9. The summed E-state index contributed by atoms with van der Waals surface area (Å²) in [6.45, 7) is 5.92. The highest BCUT2D eigenvalue weighted by Crippen LogP contribution is 2.30. The van der Waals surface area contributed by atoms with Crippen molar-refractivity contribution in [1.82, 2.24) is 24.2 Å². The molecule has 1 saturated heterocycles. The summed E-state index contributed by atoms with van der Waals surface area (Å²) in [6.07, 6.45) is 10.4. The molecular weight excluding hydrogens is 326 g/mol. The molecule has 26 heavy (non-hydrogen) atoms. The number of piperidine rings is 1. The van der Waals surface area contributed by atoms with Gasteiger partial charge in [-0.25, -0.2) is 4.98 Å². The fourth-order valence-corrected chi connectivity index (χ4v) is 4.54. The number of imidazole rings is 1. The van der Waals surface area contributed by atoms with E-state index in [1.54, 1.807) is 0 Å². The van der Waals surface area contributed by atoms with Gasteiger partial charge in [0.15, 0.2) is 5.69 Å². The fourth-order valence-electron chi connectivity index (χ4n) is 4.54. The molecule has 140 valence electrons. The topological polar surface area (TPSA) is 56.0 Å². The highest BCUT2D eigenvalue weighted by atomic mass is 16.2. The number of hydrogen-bond donors (Lipinski definition) is 0. The van der Waals surface area contributed by atoms with Crippen LogP contribution >= 0.6 is 0 Å². The molecule has 1 atom stereocenters. The van der Waals surface area contributed by atoms with Gasteiger partial charge in [-0.15, -0.1) is 0 Å². The average molecular weight is 355 g/mol. The number of aromatic nitrogens is 4. The number of hydrogen-bond acceptors (Lipinski definition) is 3. The summed E-state index contributed by atoms with van der Waals surface area (Å²) in [5, 5.41) is 4.61. The van der Waals surface area contributed by atoms with Crippen LogP contribution in [0.3, 0.4) is 0 Å². The van der Waals surface area contributed by atoms with E-state index in [-0.39, 0.29) is 5.91 Å². The smallest absolute Gasteiger partial charge is 0.274 e. The number of amides is 1. The molecule has 0 radical (unpaired) electrons. The quantitative estimate of drug-likeness (QED) is 0.850. The molecule has 1 aliphatic heterocycles. The first-order chi connectivity index (χ1) is 12.6. The predicted octanol–water partition coefficient (Wildman–Crippen LogP) is 3.10. The number of likely N-dealkylation sites (tertiary alicyclic amines) is 1. The normalized spacial score (nSPS) is 20.5. The van der Waals surface area contributed by atoms with Gasteiger partial charge < -0.3 is 9.47 Å². The predicted molar refractivity (Wildman–Crippen MR) is 100 cm³/mol. The van der Waals surface area contributed by atoms with Gasteiger partial charge >= 0.3 is 0 Å². The second kappa shape index (κ2) is 6.89. The Morgan fingerprint density at radius 2 is 2.04 bits per heavy atom. The van der Waals surface area contributed by atoms with Gasteiger partial charge in [-0.05, 0) is 52.4 Å². The molecule has 0 aromatic carbocycles. The lowest BCUT2D eigenvalue weighted by atomic mass is 9.94. The van der Waals surface area contributed by atoms with Crippen molar-refractivity contribution in [3.63, 3.8) is 0 Å². The maximum atomic E-state index is 13.2. The summed E-state index contributed by atoms with van der Waals surface area (Å²) in [6, 6.07) is 0.390. The van der Waals surface area contributed by atoms with Crippen LogP contribution < -0.4 is 0 Å². The number of aryl methyl sites for hydroxylation is 1. The van der Waals surface area contributed by atoms with Gasteiger partial charge in [0.1, 0.15) is 5.82 Å². The van der Waals surface area contributed by atoms with Crippen molar-refractivity contribution in [1.29, 1.82) is 0 Å². The number of nitrogens with zero attached hydrogens (tertiary/aromatic N) is 5. The van der Waals surface area contributed by atoms with Gasteiger partial charge in [0.25, 0.3) is 5.91 Å². The van der Waals surface area contributed by atoms with Crippen LogP contribution in [0.25, 0.3) is 0 Å². The Morgan fingerprint density at radius 3 is 2.85 bits per heavy atom. The molecule has 0 bridgehead atoms. The number of carbonyl (C=O) groups excluding carboxylic acids is 1. The van der Waals surface area contributed by atoms with E-state index in [9.17, 15) is 4.79 Å². The van der Waals surface area contributed by atoms with Gasteiger partial charge in [-0.1, -0.05) is 0 Å². The summed E-state index contributed by atoms with van der Waals surface area (Å²) in [5.74, 6) is 1.53. The van der Waals surface area contributed by atoms with Crippen molar-refractivity contribution < 1.29 is 4.79 Å². The molecule has 0 saturated carbocycles. The van der Waals surface area contributed by atoms with Crippen LogP contribution in [0, 0.1) is 0 Å². The zero-order chi connectivity index (χ0) is 18.3. The molecule has 6 heteroatoms. The molecule has 3 heterocycles. The Labute approximate surface area is 155 Å². The SMILES string of the molecule is CC(C)n1ccnc1[C@H]1CCCN(C(=O)c2nn(C)c3c2CCCC3)C1. The summed E-state index contributed by atoms with van der Waals surface area (Å²) >= 11 is 0. The van der Waals surface area contributed by atoms with Crippen molar-refractivity contribution in [3.8, 4) is 0 Å². The number of rotatable bonds is 3. The maximum Gasteiger partial charge on any atom is 0.274 e. The highest BCUT2D eigenvalue weighted by Gasteiger charge is 2.32. The monoisotopic (exact) mass is 355 g/mol. The molecule has 2 aliphatic rings. The fraction of sp³-hybridized carbons (Fsp3) is 0.650. The van der Waals surface area contributed by atoms with Crippen molar-refractivity contribution in [2.45, 2.75) is 64.3 Å². The Morgan fingerprint density at radius 1 is 1.23 bits per heavy atom. The van der Waals surface area contributed by atoms with Crippen LogP contribution in [-0.4, -0.2) is 43.2 Å². The molecule has 2 aromatic rings. The van der Waals surface area contributed by atoms with Crippen LogP contribution in [0.15, 0.2) is 12.4 Å². The second-order valence-electron chi connectivity index (χ2n) is 7.98. The van der Waals surface area contributed by atoms with Crippen molar-refractivity contribution in [3.05, 3.63) is 35.2 Å². The van der Waals surface area contributed by atoms with Gasteiger partial charge in [0, 0.05) is 55.7 Å². The van der Waals surface area contributed by atoms with Crippen LogP contribution in [-0.2, 0) is 19.9 Å². The van der Waals surface area contributed by atoms with Crippen LogP contribution in [0.1, 0.15) is 79.1 Å². The Kier molecular flexibility index (Phi) is 4.59. The molecular formula is C20H29N5O. The first-order valence-corrected chi connectivity index (χ1v) is 9.93. The van der Waals surface area contributed by atoms with Gasteiger partial charge in [-0.3, -0.25) is 9.48 Å². The van der Waals surface area contributed by atoms with E-state index >= 15 is 0 Å². The van der Waals surface area contributed by atoms with Gasteiger partial charge in [0.05, 0.1) is 0 Å². The molecule has 0 N–H and O–H groups in total. The molecule has 1 aliphatic carbocycles. The van der Waals surface area contributed by atoms with E-state index in [1.807, 2.05) is 22.8 Å². The third-order valence-electron chi connectivity index (χ3n) is 5.90. The third-order valence-corrected chi connectivity index (χ3v) is 5.90. The van der Waals surface area contributed by atoms with E-state index in [4.69, 9.17) is 0 Å². The van der Waals surface area contributed by atoms with Gasteiger partial charge in [-0.2, -0.15) is 5.10 Å². The standard InChI is InChI=1S/C20H29N5O/c1-14(2)25-12-10-21-19(25)15-7-6-11-24(13-15)20(26)18-16-8-4-5-9-17(16)23(3)22-18/h10,12,14-15H,4-9,11,13H2,1-3H3/t15-/m0/s1. The molecule has 0 unspecified atom stereocenters. The second-order valence-corrected chi connectivity index (χ2v) is 7.98. The molecule has 0 spiro atoms. The molecule has 1 amide bonds. The lowest BCUT2D eigenvalue weighted by Crippen LogP contribution is -2.40. The Bertz CT molecular complexity index is 803. The zero-order valence-electron chi connectivity index (χ0n) is 16.1. The zero-order valence-corrected chi connectivity index (χ0v) is 16.1. The van der Waals surface area contributed by atoms with Crippen LogP contribution in [0.5, 0.6) is 0 Å². The summed E-state index contributed by atoms with van der Waals surface area (Å²) < 4.78 is 4.16. The summed E-state index contributed by atoms with van der Waals surface area (Å²) in [7, 11) is 1.97. The summed E-state index contributed by atoms with van der Waals surface area (Å²) in [5.41, 5.74) is 3.13. The first-order valence-electron chi connectivity index (χ1n) is 9.93. The Balaban J connectivity index is 1.57. The van der Waals surface area contributed by atoms with E-state index in [0.717, 1.165) is 51.0 Å². The van der Waals surface area contributed by atoms with E-state index in [0.29, 0.717) is 17.7 Å². The van der Waals surface area contributed by atoms with E-state index in [2.05, 4.69) is 34.7 Å². The average Bonchev–Trinajstić information content (AvgIpc) is 3.27. The van der Waals surface area contributed by atoms with Crippen molar-refractivity contribution >= 4 is 5.91 Å². The van der Waals surface area contributed by atoms with Crippen LogP contribution in [0.4, 0.5) is 0 Å². The molecule has 2 aromatic heterocycles. The lowest BCUT2D eigenvalue weighted by Gasteiger charge is -2.33. The minimum Gasteiger partial charge on any atom is -0.337 e. The minimum atomic E-state index is 0.108. The van der Waals surface area contributed by atoms with Gasteiger partial charge in [0.2, 0.25) is 0 Å². The number of fused-ring (bicyclic) bond motifs is 1. The molecule has 6 nitrogen and oxygen atoms in total. The van der Waals surface area contributed by atoms with E-state index in [1.165, 1.54) is 17.7 Å². The first kappa shape index (κ1) is 17.3. The number of carbonyl (C=O) groups is 1. The highest BCUT2D eigenvalue weighted by molar-refractivity contribution is 5.94. The molecule has 1 fully saturated rings. The van der Waals surface area contributed by atoms with Crippen LogP contribution in [0.2, 0.25) is 0 Å². The Hall–Kier alpha value is -2.11. The third kappa shape index (κ3) is 2.95. The van der Waals surface area contributed by atoms with Crippen molar-refractivity contribution in [2.24, 2.45) is 7.05 Å². The molecule has 4 rings (SSSR count). The maximum absolute atomic E-state index is 13.2. The van der Waals surface area contributed by atoms with E-state index < -0.39 is 0 Å². The largest absolute Gasteiger partial charge is 0.337 e.